The van der Waals surface area contributed by atoms with Gasteiger partial charge in [-0.25, -0.2) is 0 Å². The minimum absolute atomic E-state index is 0.226. The predicted molar refractivity (Wildman–Crippen MR) is 71.3 cm³/mol. The fraction of sp³-hybridized carbons (Fsp3) is 0.214. The van der Waals surface area contributed by atoms with Gasteiger partial charge in [-0.2, -0.15) is 18.2 Å². The standard InChI is InChI=1S/C14H13F3N2O2/c1-2-20-10-4-3-5-11(8-10)21-13-7-9(14(15,16)17)6-12(18)19-13/h3-8H,2H2,1H3,(H2,18,19). The van der Waals surface area contributed by atoms with Crippen molar-refractivity contribution in [1.82, 2.24) is 4.98 Å². The van der Waals surface area contributed by atoms with Crippen molar-refractivity contribution in [2.24, 2.45) is 0 Å². The molecule has 0 atom stereocenters. The molecule has 0 fully saturated rings. The third-order valence-electron chi connectivity index (χ3n) is 2.49. The molecule has 7 heteroatoms. The van der Waals surface area contributed by atoms with Crippen molar-refractivity contribution >= 4 is 5.82 Å². The molecule has 2 N–H and O–H groups in total. The first-order chi connectivity index (χ1) is 9.88. The smallest absolute Gasteiger partial charge is 0.416 e. The number of hydrogen-bond acceptors (Lipinski definition) is 4. The van der Waals surface area contributed by atoms with E-state index in [0.717, 1.165) is 12.1 Å². The van der Waals surface area contributed by atoms with E-state index in [1.54, 1.807) is 24.3 Å². The summed E-state index contributed by atoms with van der Waals surface area (Å²) >= 11 is 0. The van der Waals surface area contributed by atoms with E-state index < -0.39 is 11.7 Å². The van der Waals surface area contributed by atoms with Crippen LogP contribution in [0.3, 0.4) is 0 Å². The van der Waals surface area contributed by atoms with Gasteiger partial charge in [-0.05, 0) is 25.1 Å². The lowest BCUT2D eigenvalue weighted by Gasteiger charge is -2.11. The summed E-state index contributed by atoms with van der Waals surface area (Å²) in [5.74, 6) is 0.374. The number of benzene rings is 1. The molecule has 0 aliphatic rings. The summed E-state index contributed by atoms with van der Waals surface area (Å²) in [5.41, 5.74) is 4.46. The van der Waals surface area contributed by atoms with Crippen molar-refractivity contribution in [2.75, 3.05) is 12.3 Å². The molecule has 0 saturated carbocycles. The molecule has 0 spiro atoms. The van der Waals surface area contributed by atoms with E-state index in [4.69, 9.17) is 15.2 Å². The highest BCUT2D eigenvalue weighted by atomic mass is 19.4. The van der Waals surface area contributed by atoms with E-state index in [-0.39, 0.29) is 11.7 Å². The zero-order valence-corrected chi connectivity index (χ0v) is 11.1. The molecule has 1 aromatic heterocycles. The SMILES string of the molecule is CCOc1cccc(Oc2cc(C(F)(F)F)cc(N)n2)c1. The number of alkyl halides is 3. The maximum atomic E-state index is 12.7. The molecular formula is C14H13F3N2O2. The van der Waals surface area contributed by atoms with Crippen LogP contribution in [0.15, 0.2) is 36.4 Å². The van der Waals surface area contributed by atoms with Crippen molar-refractivity contribution in [3.8, 4) is 17.4 Å². The van der Waals surface area contributed by atoms with Crippen molar-refractivity contribution in [2.45, 2.75) is 13.1 Å². The molecule has 0 unspecified atom stereocenters. The monoisotopic (exact) mass is 298 g/mol. The number of pyridine rings is 1. The number of nitrogens with two attached hydrogens (primary N) is 1. The zero-order chi connectivity index (χ0) is 15.5. The number of hydrogen-bond donors (Lipinski definition) is 1. The third-order valence-corrected chi connectivity index (χ3v) is 2.49. The highest BCUT2D eigenvalue weighted by Crippen LogP contribution is 2.33. The Morgan fingerprint density at radius 1 is 1.14 bits per heavy atom. The summed E-state index contributed by atoms with van der Waals surface area (Å²) < 4.78 is 48.7. The number of aromatic nitrogens is 1. The number of ether oxygens (including phenoxy) is 2. The molecule has 1 aromatic carbocycles. The maximum absolute atomic E-state index is 12.7. The second-order valence-corrected chi connectivity index (χ2v) is 4.13. The predicted octanol–water partition coefficient (Wildman–Crippen LogP) is 3.87. The summed E-state index contributed by atoms with van der Waals surface area (Å²) in [6.45, 7) is 2.29. The van der Waals surface area contributed by atoms with Crippen LogP contribution in [-0.4, -0.2) is 11.6 Å². The summed E-state index contributed by atoms with van der Waals surface area (Å²) in [5, 5.41) is 0. The summed E-state index contributed by atoms with van der Waals surface area (Å²) in [6, 6.07) is 8.07. The van der Waals surface area contributed by atoms with Gasteiger partial charge < -0.3 is 15.2 Å². The third kappa shape index (κ3) is 4.01. The number of nitrogen functional groups attached to an aromatic ring is 1. The molecule has 112 valence electrons. The fourth-order valence-corrected chi connectivity index (χ4v) is 1.66. The van der Waals surface area contributed by atoms with E-state index in [1.165, 1.54) is 0 Å². The quantitative estimate of drug-likeness (QED) is 0.930. The Hall–Kier alpha value is -2.44. The van der Waals surface area contributed by atoms with Crippen LogP contribution in [0.5, 0.6) is 17.4 Å². The molecule has 2 aromatic rings. The van der Waals surface area contributed by atoms with E-state index in [9.17, 15) is 13.2 Å². The lowest BCUT2D eigenvalue weighted by molar-refractivity contribution is -0.137. The summed E-state index contributed by atoms with van der Waals surface area (Å²) in [6.07, 6.45) is -4.51. The van der Waals surface area contributed by atoms with Gasteiger partial charge in [0, 0.05) is 12.1 Å². The Balaban J connectivity index is 2.27. The topological polar surface area (TPSA) is 57.4 Å². The minimum atomic E-state index is -4.51. The van der Waals surface area contributed by atoms with Gasteiger partial charge in [-0.3, -0.25) is 0 Å². The molecule has 0 bridgehead atoms. The van der Waals surface area contributed by atoms with Crippen LogP contribution in [0.2, 0.25) is 0 Å². The number of halogens is 3. The second-order valence-electron chi connectivity index (χ2n) is 4.13. The van der Waals surface area contributed by atoms with Crippen LogP contribution in [-0.2, 0) is 6.18 Å². The Bertz CT molecular complexity index is 630. The summed E-state index contributed by atoms with van der Waals surface area (Å²) in [7, 11) is 0. The van der Waals surface area contributed by atoms with Crippen molar-refractivity contribution in [1.29, 1.82) is 0 Å². The van der Waals surface area contributed by atoms with Gasteiger partial charge in [0.15, 0.2) is 0 Å². The fourth-order valence-electron chi connectivity index (χ4n) is 1.66. The maximum Gasteiger partial charge on any atom is 0.416 e. The van der Waals surface area contributed by atoms with Crippen LogP contribution < -0.4 is 15.2 Å². The van der Waals surface area contributed by atoms with Crippen LogP contribution in [0, 0.1) is 0 Å². The Kier molecular flexibility index (Phi) is 4.21. The van der Waals surface area contributed by atoms with Crippen LogP contribution in [0.25, 0.3) is 0 Å². The average Bonchev–Trinajstić information content (AvgIpc) is 2.38. The molecule has 4 nitrogen and oxygen atoms in total. The zero-order valence-electron chi connectivity index (χ0n) is 11.1. The number of rotatable bonds is 4. The molecule has 21 heavy (non-hydrogen) atoms. The van der Waals surface area contributed by atoms with Crippen molar-refractivity contribution < 1.29 is 22.6 Å². The molecule has 2 rings (SSSR count). The van der Waals surface area contributed by atoms with E-state index in [1.807, 2.05) is 6.92 Å². The number of nitrogens with zero attached hydrogens (tertiary/aromatic N) is 1. The van der Waals surface area contributed by atoms with E-state index >= 15 is 0 Å². The van der Waals surface area contributed by atoms with E-state index in [2.05, 4.69) is 4.98 Å². The van der Waals surface area contributed by atoms with Crippen LogP contribution in [0.1, 0.15) is 12.5 Å². The Labute approximate surface area is 119 Å². The molecule has 0 radical (unpaired) electrons. The second kappa shape index (κ2) is 5.90. The van der Waals surface area contributed by atoms with Gasteiger partial charge in [0.1, 0.15) is 17.3 Å². The molecule has 0 saturated heterocycles. The van der Waals surface area contributed by atoms with Gasteiger partial charge in [0.25, 0.3) is 0 Å². The largest absolute Gasteiger partial charge is 0.494 e. The number of anilines is 1. The highest BCUT2D eigenvalue weighted by Gasteiger charge is 2.31. The van der Waals surface area contributed by atoms with Gasteiger partial charge in [0.2, 0.25) is 5.88 Å². The molecule has 0 aliphatic carbocycles. The van der Waals surface area contributed by atoms with Crippen LogP contribution >= 0.6 is 0 Å². The average molecular weight is 298 g/mol. The van der Waals surface area contributed by atoms with Gasteiger partial charge in [0.05, 0.1) is 12.2 Å². The van der Waals surface area contributed by atoms with Crippen molar-refractivity contribution in [3.63, 3.8) is 0 Å². The molecule has 0 aliphatic heterocycles. The van der Waals surface area contributed by atoms with Crippen molar-refractivity contribution in [3.05, 3.63) is 42.0 Å². The molecule has 0 amide bonds. The first-order valence-corrected chi connectivity index (χ1v) is 6.14. The molecule has 1 heterocycles. The van der Waals surface area contributed by atoms with Gasteiger partial charge in [-0.15, -0.1) is 0 Å². The molecular weight excluding hydrogens is 285 g/mol. The first kappa shape index (κ1) is 15.0. The minimum Gasteiger partial charge on any atom is -0.494 e. The van der Waals surface area contributed by atoms with Gasteiger partial charge >= 0.3 is 6.18 Å². The normalized spacial score (nSPS) is 11.2. The highest BCUT2D eigenvalue weighted by molar-refractivity contribution is 5.41. The first-order valence-electron chi connectivity index (χ1n) is 6.14. The Morgan fingerprint density at radius 2 is 1.86 bits per heavy atom. The summed E-state index contributed by atoms with van der Waals surface area (Å²) in [4.78, 5) is 3.73. The lowest BCUT2D eigenvalue weighted by Crippen LogP contribution is -2.07. The Morgan fingerprint density at radius 3 is 2.52 bits per heavy atom. The van der Waals surface area contributed by atoms with E-state index in [0.29, 0.717) is 18.1 Å². The van der Waals surface area contributed by atoms with Gasteiger partial charge in [-0.1, -0.05) is 6.07 Å². The van der Waals surface area contributed by atoms with Crippen LogP contribution in [0.4, 0.5) is 19.0 Å². The lowest BCUT2D eigenvalue weighted by atomic mass is 10.2.